The molecule has 0 saturated heterocycles. The highest BCUT2D eigenvalue weighted by molar-refractivity contribution is 5.91. The summed E-state index contributed by atoms with van der Waals surface area (Å²) in [4.78, 5) is 12.2. The fraction of sp³-hybridized carbons (Fsp3) is 0.273. The van der Waals surface area contributed by atoms with Gasteiger partial charge in [0.2, 0.25) is 5.91 Å². The van der Waals surface area contributed by atoms with E-state index in [0.29, 0.717) is 12.4 Å². The number of anilines is 1. The lowest BCUT2D eigenvalue weighted by molar-refractivity contribution is -0.115. The van der Waals surface area contributed by atoms with Crippen LogP contribution in [0.25, 0.3) is 0 Å². The first-order valence-electron chi connectivity index (χ1n) is 8.93. The van der Waals surface area contributed by atoms with Crippen LogP contribution in [0, 0.1) is 0 Å². The molecule has 0 bridgehead atoms. The van der Waals surface area contributed by atoms with Gasteiger partial charge < -0.3 is 14.6 Å². The van der Waals surface area contributed by atoms with Gasteiger partial charge in [0.1, 0.15) is 18.1 Å². The fourth-order valence-electron chi connectivity index (χ4n) is 2.50. The number of nitrogens with one attached hydrogen (secondary N) is 1. The van der Waals surface area contributed by atoms with Crippen LogP contribution in [0.5, 0.6) is 5.75 Å². The molecule has 1 aromatic heterocycles. The number of ether oxygens (including phenoxy) is 1. The van der Waals surface area contributed by atoms with Crippen LogP contribution in [0.1, 0.15) is 37.7 Å². The summed E-state index contributed by atoms with van der Waals surface area (Å²) >= 11 is 0. The van der Waals surface area contributed by atoms with Crippen LogP contribution in [-0.2, 0) is 23.2 Å². The number of rotatable bonds is 6. The molecule has 140 valence electrons. The van der Waals surface area contributed by atoms with Gasteiger partial charge in [-0.25, -0.2) is 0 Å². The average molecular weight is 364 g/mol. The van der Waals surface area contributed by atoms with E-state index in [4.69, 9.17) is 9.26 Å². The predicted octanol–water partition coefficient (Wildman–Crippen LogP) is 4.73. The highest BCUT2D eigenvalue weighted by Crippen LogP contribution is 2.24. The van der Waals surface area contributed by atoms with Crippen LogP contribution in [0.4, 0.5) is 5.82 Å². The van der Waals surface area contributed by atoms with Crippen molar-refractivity contribution >= 4 is 11.7 Å². The first-order valence-corrected chi connectivity index (χ1v) is 8.93. The molecule has 27 heavy (non-hydrogen) atoms. The molecule has 0 fully saturated rings. The second-order valence-electron chi connectivity index (χ2n) is 7.47. The number of benzene rings is 2. The summed E-state index contributed by atoms with van der Waals surface area (Å²) < 4.78 is 11.0. The minimum absolute atomic E-state index is 0.137. The zero-order valence-electron chi connectivity index (χ0n) is 15.9. The first-order chi connectivity index (χ1) is 12.9. The maximum atomic E-state index is 12.2. The van der Waals surface area contributed by atoms with E-state index in [1.807, 2.05) is 75.4 Å². The van der Waals surface area contributed by atoms with Crippen LogP contribution < -0.4 is 10.1 Å². The average Bonchev–Trinajstić information content (AvgIpc) is 3.11. The number of hydrogen-bond donors (Lipinski definition) is 1. The Morgan fingerprint density at radius 1 is 1.04 bits per heavy atom. The van der Waals surface area contributed by atoms with Crippen LogP contribution in [-0.4, -0.2) is 11.1 Å². The van der Waals surface area contributed by atoms with Crippen molar-refractivity contribution in [2.75, 3.05) is 5.32 Å². The Kier molecular flexibility index (Phi) is 5.60. The normalized spacial score (nSPS) is 11.2. The largest absolute Gasteiger partial charge is 0.489 e. The van der Waals surface area contributed by atoms with Crippen molar-refractivity contribution in [3.63, 3.8) is 0 Å². The molecule has 1 heterocycles. The number of carbonyl (C=O) groups is 1. The molecule has 0 aliphatic carbocycles. The molecule has 0 spiro atoms. The molecule has 3 aromatic rings. The lowest BCUT2D eigenvalue weighted by Crippen LogP contribution is -2.14. The summed E-state index contributed by atoms with van der Waals surface area (Å²) in [5, 5.41) is 6.67. The Labute approximate surface area is 159 Å². The van der Waals surface area contributed by atoms with Crippen molar-refractivity contribution in [1.29, 1.82) is 0 Å². The second-order valence-corrected chi connectivity index (χ2v) is 7.47. The van der Waals surface area contributed by atoms with E-state index in [1.165, 1.54) is 0 Å². The van der Waals surface area contributed by atoms with Crippen molar-refractivity contribution in [3.8, 4) is 5.75 Å². The zero-order chi connectivity index (χ0) is 19.3. The van der Waals surface area contributed by atoms with Crippen LogP contribution in [0.15, 0.2) is 65.2 Å². The fourth-order valence-corrected chi connectivity index (χ4v) is 2.50. The van der Waals surface area contributed by atoms with E-state index < -0.39 is 0 Å². The number of hydrogen-bond acceptors (Lipinski definition) is 4. The Balaban J connectivity index is 1.51. The summed E-state index contributed by atoms with van der Waals surface area (Å²) in [6.07, 6.45) is 0.261. The van der Waals surface area contributed by atoms with Gasteiger partial charge in [0.25, 0.3) is 0 Å². The lowest BCUT2D eigenvalue weighted by atomic mass is 9.93. The minimum Gasteiger partial charge on any atom is -0.489 e. The smallest absolute Gasteiger partial charge is 0.230 e. The molecule has 0 unspecified atom stereocenters. The Hall–Kier alpha value is -3.08. The van der Waals surface area contributed by atoms with Crippen LogP contribution in [0.3, 0.4) is 0 Å². The molecule has 0 radical (unpaired) electrons. The summed E-state index contributed by atoms with van der Waals surface area (Å²) in [7, 11) is 0. The van der Waals surface area contributed by atoms with E-state index in [-0.39, 0.29) is 17.7 Å². The molecule has 1 N–H and O–H groups in total. The molecular weight excluding hydrogens is 340 g/mol. The molecule has 0 atom stereocenters. The topological polar surface area (TPSA) is 64.4 Å². The molecule has 0 saturated carbocycles. The van der Waals surface area contributed by atoms with E-state index in [9.17, 15) is 4.79 Å². The van der Waals surface area contributed by atoms with E-state index in [2.05, 4.69) is 10.5 Å². The summed E-state index contributed by atoms with van der Waals surface area (Å²) in [6.45, 7) is 6.60. The maximum absolute atomic E-state index is 12.2. The summed E-state index contributed by atoms with van der Waals surface area (Å²) in [5.41, 5.74) is 1.87. The van der Waals surface area contributed by atoms with Gasteiger partial charge in [-0.15, -0.1) is 0 Å². The molecule has 0 aliphatic heterocycles. The summed E-state index contributed by atoms with van der Waals surface area (Å²) in [6, 6.07) is 19.3. The third-order valence-electron chi connectivity index (χ3n) is 4.05. The molecule has 1 amide bonds. The standard InChI is InChI=1S/C22H24N2O3/c1-22(2,3)19-14-20(24-27-19)23-21(25)13-16-9-11-18(12-10-16)26-15-17-7-5-4-6-8-17/h4-12,14H,13,15H2,1-3H3,(H,23,24,25). The van der Waals surface area contributed by atoms with E-state index in [0.717, 1.165) is 22.6 Å². The van der Waals surface area contributed by atoms with Crippen molar-refractivity contribution < 1.29 is 14.1 Å². The first kappa shape index (κ1) is 18.7. The van der Waals surface area contributed by atoms with E-state index in [1.54, 1.807) is 6.07 Å². The molecular formula is C22H24N2O3. The molecule has 0 aliphatic rings. The molecule has 5 heteroatoms. The number of nitrogens with zero attached hydrogens (tertiary/aromatic N) is 1. The minimum atomic E-state index is -0.147. The van der Waals surface area contributed by atoms with Gasteiger partial charge in [0, 0.05) is 11.5 Å². The van der Waals surface area contributed by atoms with Gasteiger partial charge in [-0.1, -0.05) is 68.4 Å². The molecule has 3 rings (SSSR count). The van der Waals surface area contributed by atoms with Gasteiger partial charge >= 0.3 is 0 Å². The maximum Gasteiger partial charge on any atom is 0.230 e. The van der Waals surface area contributed by atoms with Gasteiger partial charge in [0.05, 0.1) is 6.42 Å². The Bertz CT molecular complexity index is 878. The quantitative estimate of drug-likeness (QED) is 0.687. The van der Waals surface area contributed by atoms with Crippen LogP contribution >= 0.6 is 0 Å². The summed E-state index contributed by atoms with van der Waals surface area (Å²) in [5.74, 6) is 1.81. The van der Waals surface area contributed by atoms with Crippen molar-refractivity contribution in [1.82, 2.24) is 5.16 Å². The number of amides is 1. The monoisotopic (exact) mass is 364 g/mol. The SMILES string of the molecule is CC(C)(C)c1cc(NC(=O)Cc2ccc(OCc3ccccc3)cc2)no1. The van der Waals surface area contributed by atoms with Gasteiger partial charge in [-0.05, 0) is 23.3 Å². The number of aromatic nitrogens is 1. The van der Waals surface area contributed by atoms with Crippen molar-refractivity contribution in [2.24, 2.45) is 0 Å². The number of carbonyl (C=O) groups excluding carboxylic acids is 1. The molecule has 2 aromatic carbocycles. The van der Waals surface area contributed by atoms with Crippen molar-refractivity contribution in [2.45, 2.75) is 39.2 Å². The third kappa shape index (κ3) is 5.45. The Morgan fingerprint density at radius 3 is 2.37 bits per heavy atom. The zero-order valence-corrected chi connectivity index (χ0v) is 15.9. The van der Waals surface area contributed by atoms with E-state index >= 15 is 0 Å². The highest BCUT2D eigenvalue weighted by atomic mass is 16.5. The predicted molar refractivity (Wildman–Crippen MR) is 105 cm³/mol. The second kappa shape index (κ2) is 8.08. The Morgan fingerprint density at radius 2 is 1.74 bits per heavy atom. The van der Waals surface area contributed by atoms with Gasteiger partial charge in [-0.3, -0.25) is 4.79 Å². The third-order valence-corrected chi connectivity index (χ3v) is 4.05. The lowest BCUT2D eigenvalue weighted by Gasteiger charge is -2.12. The molecule has 5 nitrogen and oxygen atoms in total. The van der Waals surface area contributed by atoms with Gasteiger partial charge in [0.15, 0.2) is 5.82 Å². The van der Waals surface area contributed by atoms with Gasteiger partial charge in [-0.2, -0.15) is 0 Å². The van der Waals surface area contributed by atoms with Crippen LogP contribution in [0.2, 0.25) is 0 Å². The van der Waals surface area contributed by atoms with Crippen molar-refractivity contribution in [3.05, 3.63) is 77.6 Å². The highest BCUT2D eigenvalue weighted by Gasteiger charge is 2.20.